The van der Waals surface area contributed by atoms with E-state index in [1.807, 2.05) is 24.3 Å². The van der Waals surface area contributed by atoms with Crippen molar-refractivity contribution in [3.8, 4) is 0 Å². The summed E-state index contributed by atoms with van der Waals surface area (Å²) in [6.07, 6.45) is 1.48. The van der Waals surface area contributed by atoms with E-state index in [0.29, 0.717) is 6.42 Å². The summed E-state index contributed by atoms with van der Waals surface area (Å²) in [5.74, 6) is 0.521. The summed E-state index contributed by atoms with van der Waals surface area (Å²) in [6.45, 7) is 0. The van der Waals surface area contributed by atoms with E-state index in [4.69, 9.17) is 10.2 Å². The largest absolute Gasteiger partial charge is 0.463 e. The number of anilines is 1. The lowest BCUT2D eigenvalue weighted by molar-refractivity contribution is 0.0563. The third kappa shape index (κ3) is 2.71. The molecule has 0 amide bonds. The van der Waals surface area contributed by atoms with Gasteiger partial charge in [-0.1, -0.05) is 18.2 Å². The summed E-state index contributed by atoms with van der Waals surface area (Å²) in [4.78, 5) is 11.2. The SMILES string of the molecule is COC(=O)c1ccc(CCc2ccccc2N)o1. The van der Waals surface area contributed by atoms with Crippen molar-refractivity contribution in [3.05, 3.63) is 53.5 Å². The van der Waals surface area contributed by atoms with Crippen LogP contribution >= 0.6 is 0 Å². The maximum atomic E-state index is 11.2. The lowest BCUT2D eigenvalue weighted by atomic mass is 10.1. The van der Waals surface area contributed by atoms with Crippen LogP contribution in [0.2, 0.25) is 0 Å². The third-order valence-corrected chi connectivity index (χ3v) is 2.74. The predicted octanol–water partition coefficient (Wildman–Crippen LogP) is 2.43. The zero-order valence-corrected chi connectivity index (χ0v) is 10.2. The molecule has 0 bridgehead atoms. The number of nitrogen functional groups attached to an aromatic ring is 1. The molecule has 2 aromatic rings. The molecule has 1 heterocycles. The van der Waals surface area contributed by atoms with Crippen LogP contribution in [0.25, 0.3) is 0 Å². The molecule has 0 aliphatic rings. The third-order valence-electron chi connectivity index (χ3n) is 2.74. The maximum Gasteiger partial charge on any atom is 0.373 e. The van der Waals surface area contributed by atoms with E-state index < -0.39 is 5.97 Å². The number of aryl methyl sites for hydroxylation is 2. The van der Waals surface area contributed by atoms with Crippen LogP contribution in [0.4, 0.5) is 5.69 Å². The lowest BCUT2D eigenvalue weighted by Gasteiger charge is -2.03. The van der Waals surface area contributed by atoms with Crippen LogP contribution in [0.3, 0.4) is 0 Å². The van der Waals surface area contributed by atoms with Crippen LogP contribution in [0, 0.1) is 0 Å². The second-order valence-corrected chi connectivity index (χ2v) is 3.96. The van der Waals surface area contributed by atoms with Gasteiger partial charge in [0.05, 0.1) is 7.11 Å². The fraction of sp³-hybridized carbons (Fsp3) is 0.214. The van der Waals surface area contributed by atoms with Crippen molar-refractivity contribution in [1.82, 2.24) is 0 Å². The molecule has 2 N–H and O–H groups in total. The summed E-state index contributed by atoms with van der Waals surface area (Å²) < 4.78 is 9.96. The van der Waals surface area contributed by atoms with Gasteiger partial charge in [0.15, 0.2) is 0 Å². The minimum Gasteiger partial charge on any atom is -0.463 e. The normalized spacial score (nSPS) is 10.3. The summed E-state index contributed by atoms with van der Waals surface area (Å²) in [7, 11) is 1.33. The molecule has 0 aliphatic carbocycles. The average Bonchev–Trinajstić information content (AvgIpc) is 2.86. The highest BCUT2D eigenvalue weighted by molar-refractivity contribution is 5.86. The topological polar surface area (TPSA) is 65.5 Å². The first kappa shape index (κ1) is 12.2. The highest BCUT2D eigenvalue weighted by Gasteiger charge is 2.11. The Morgan fingerprint density at radius 1 is 1.22 bits per heavy atom. The predicted molar refractivity (Wildman–Crippen MR) is 68.3 cm³/mol. The molecule has 94 valence electrons. The highest BCUT2D eigenvalue weighted by atomic mass is 16.5. The van der Waals surface area contributed by atoms with Crippen molar-refractivity contribution >= 4 is 11.7 Å². The van der Waals surface area contributed by atoms with E-state index in [9.17, 15) is 4.79 Å². The standard InChI is InChI=1S/C14H15NO3/c1-17-14(16)13-9-8-11(18-13)7-6-10-4-2-3-5-12(10)15/h2-5,8-9H,6-7,15H2,1H3. The van der Waals surface area contributed by atoms with Gasteiger partial charge in [-0.3, -0.25) is 0 Å². The lowest BCUT2D eigenvalue weighted by Crippen LogP contribution is -1.99. The molecule has 0 fully saturated rings. The number of hydrogen-bond donors (Lipinski definition) is 1. The zero-order chi connectivity index (χ0) is 13.0. The molecule has 0 unspecified atom stereocenters. The van der Waals surface area contributed by atoms with E-state index in [2.05, 4.69) is 4.74 Å². The molecular formula is C14H15NO3. The molecule has 18 heavy (non-hydrogen) atoms. The number of furan rings is 1. The Hall–Kier alpha value is -2.23. The molecule has 0 spiro atoms. The molecule has 0 radical (unpaired) electrons. The van der Waals surface area contributed by atoms with Crippen molar-refractivity contribution in [2.75, 3.05) is 12.8 Å². The highest BCUT2D eigenvalue weighted by Crippen LogP contribution is 2.16. The van der Waals surface area contributed by atoms with E-state index >= 15 is 0 Å². The van der Waals surface area contributed by atoms with Crippen LogP contribution in [0.5, 0.6) is 0 Å². The first-order chi connectivity index (χ1) is 8.70. The second kappa shape index (κ2) is 5.40. The van der Waals surface area contributed by atoms with Crippen molar-refractivity contribution in [3.63, 3.8) is 0 Å². The van der Waals surface area contributed by atoms with Gasteiger partial charge < -0.3 is 14.9 Å². The van der Waals surface area contributed by atoms with E-state index in [0.717, 1.165) is 23.4 Å². The van der Waals surface area contributed by atoms with Gasteiger partial charge in [0.25, 0.3) is 0 Å². The van der Waals surface area contributed by atoms with E-state index in [-0.39, 0.29) is 5.76 Å². The van der Waals surface area contributed by atoms with Crippen LogP contribution in [-0.2, 0) is 17.6 Å². The summed E-state index contributed by atoms with van der Waals surface area (Å²) in [5.41, 5.74) is 7.71. The minimum absolute atomic E-state index is 0.230. The number of carbonyl (C=O) groups is 1. The van der Waals surface area contributed by atoms with Gasteiger partial charge in [-0.25, -0.2) is 4.79 Å². The number of esters is 1. The number of ether oxygens (including phenoxy) is 1. The molecular weight excluding hydrogens is 230 g/mol. The Morgan fingerprint density at radius 3 is 2.72 bits per heavy atom. The molecule has 4 heteroatoms. The van der Waals surface area contributed by atoms with E-state index in [1.165, 1.54) is 7.11 Å². The second-order valence-electron chi connectivity index (χ2n) is 3.96. The summed E-state index contributed by atoms with van der Waals surface area (Å²) in [5, 5.41) is 0. The summed E-state index contributed by atoms with van der Waals surface area (Å²) in [6, 6.07) is 11.1. The molecule has 2 rings (SSSR count). The van der Waals surface area contributed by atoms with Crippen LogP contribution in [-0.4, -0.2) is 13.1 Å². The Balaban J connectivity index is 2.01. The Kier molecular flexibility index (Phi) is 3.67. The first-order valence-electron chi connectivity index (χ1n) is 5.71. The van der Waals surface area contributed by atoms with E-state index in [1.54, 1.807) is 12.1 Å². The van der Waals surface area contributed by atoms with Gasteiger partial charge in [0.1, 0.15) is 5.76 Å². The number of rotatable bonds is 4. The molecule has 0 atom stereocenters. The Morgan fingerprint density at radius 2 is 2.00 bits per heavy atom. The molecule has 1 aromatic heterocycles. The number of nitrogens with two attached hydrogens (primary N) is 1. The molecule has 0 saturated carbocycles. The van der Waals surface area contributed by atoms with Crippen LogP contribution in [0.1, 0.15) is 21.9 Å². The summed E-state index contributed by atoms with van der Waals surface area (Å²) >= 11 is 0. The van der Waals surface area contributed by atoms with Crippen molar-refractivity contribution in [1.29, 1.82) is 0 Å². The first-order valence-corrected chi connectivity index (χ1v) is 5.71. The quantitative estimate of drug-likeness (QED) is 0.663. The van der Waals surface area contributed by atoms with Crippen molar-refractivity contribution < 1.29 is 13.9 Å². The van der Waals surface area contributed by atoms with Gasteiger partial charge in [-0.2, -0.15) is 0 Å². The molecule has 1 aromatic carbocycles. The number of benzene rings is 1. The fourth-order valence-corrected chi connectivity index (χ4v) is 1.74. The van der Waals surface area contributed by atoms with Crippen LogP contribution < -0.4 is 5.73 Å². The van der Waals surface area contributed by atoms with Crippen molar-refractivity contribution in [2.24, 2.45) is 0 Å². The number of carbonyl (C=O) groups excluding carboxylic acids is 1. The Bertz CT molecular complexity index is 545. The van der Waals surface area contributed by atoms with Crippen LogP contribution in [0.15, 0.2) is 40.8 Å². The van der Waals surface area contributed by atoms with Gasteiger partial charge in [0.2, 0.25) is 5.76 Å². The zero-order valence-electron chi connectivity index (χ0n) is 10.2. The van der Waals surface area contributed by atoms with Gasteiger partial charge in [0, 0.05) is 12.1 Å². The Labute approximate surface area is 105 Å². The monoisotopic (exact) mass is 245 g/mol. The fourth-order valence-electron chi connectivity index (χ4n) is 1.74. The average molecular weight is 245 g/mol. The minimum atomic E-state index is -0.458. The number of methoxy groups -OCH3 is 1. The van der Waals surface area contributed by atoms with Gasteiger partial charge in [-0.05, 0) is 30.2 Å². The molecule has 0 saturated heterocycles. The number of para-hydroxylation sites is 1. The molecule has 4 nitrogen and oxygen atoms in total. The number of hydrogen-bond acceptors (Lipinski definition) is 4. The molecule has 0 aliphatic heterocycles. The smallest absolute Gasteiger partial charge is 0.373 e. The van der Waals surface area contributed by atoms with Gasteiger partial charge in [-0.15, -0.1) is 0 Å². The van der Waals surface area contributed by atoms with Crippen molar-refractivity contribution in [2.45, 2.75) is 12.8 Å². The maximum absolute atomic E-state index is 11.2. The van der Waals surface area contributed by atoms with Gasteiger partial charge >= 0.3 is 5.97 Å².